The van der Waals surface area contributed by atoms with E-state index in [0.29, 0.717) is 29.5 Å². The van der Waals surface area contributed by atoms with Gasteiger partial charge in [0.15, 0.2) is 0 Å². The third-order valence-corrected chi connectivity index (χ3v) is 5.31. The van der Waals surface area contributed by atoms with Gasteiger partial charge in [-0.15, -0.1) is 0 Å². The molecule has 0 aliphatic rings. The summed E-state index contributed by atoms with van der Waals surface area (Å²) in [6, 6.07) is 12.5. The van der Waals surface area contributed by atoms with Crippen LogP contribution >= 0.6 is 0 Å². The van der Waals surface area contributed by atoms with Crippen molar-refractivity contribution in [1.29, 1.82) is 0 Å². The Morgan fingerprint density at radius 3 is 2.45 bits per heavy atom. The van der Waals surface area contributed by atoms with E-state index in [-0.39, 0.29) is 6.42 Å². The first-order valence-electron chi connectivity index (χ1n) is 9.08. The van der Waals surface area contributed by atoms with Crippen molar-refractivity contribution in [3.8, 4) is 11.5 Å². The monoisotopic (exact) mass is 418 g/mol. The van der Waals surface area contributed by atoms with E-state index < -0.39 is 22.0 Å². The van der Waals surface area contributed by atoms with Crippen molar-refractivity contribution in [2.75, 3.05) is 29.6 Å². The topological polar surface area (TPSA) is 84.9 Å². The Morgan fingerprint density at radius 2 is 1.90 bits per heavy atom. The van der Waals surface area contributed by atoms with Gasteiger partial charge in [0.1, 0.15) is 24.1 Å². The molecule has 2 aromatic rings. The number of benzene rings is 2. The zero-order chi connectivity index (χ0) is 21.4. The maximum atomic E-state index is 13.0. The van der Waals surface area contributed by atoms with Crippen LogP contribution in [0, 0.1) is 0 Å². The van der Waals surface area contributed by atoms with Crippen LogP contribution in [0.3, 0.4) is 0 Å². The highest BCUT2D eigenvalue weighted by molar-refractivity contribution is 7.92. The number of hydrogen-bond acceptors (Lipinski definition) is 5. The van der Waals surface area contributed by atoms with E-state index in [1.54, 1.807) is 61.5 Å². The molecule has 0 bridgehead atoms. The molecule has 2 rings (SSSR count). The Labute approximate surface area is 172 Å². The highest BCUT2D eigenvalue weighted by Crippen LogP contribution is 2.26. The Morgan fingerprint density at radius 1 is 1.21 bits per heavy atom. The maximum Gasteiger partial charge on any atom is 0.248 e. The second-order valence-electron chi connectivity index (χ2n) is 6.30. The summed E-state index contributed by atoms with van der Waals surface area (Å²) in [5.74, 6) is 0.733. The van der Waals surface area contributed by atoms with E-state index >= 15 is 0 Å². The lowest BCUT2D eigenvalue weighted by molar-refractivity contribution is -0.117. The molecular formula is C21H26N2O5S. The van der Waals surface area contributed by atoms with Gasteiger partial charge < -0.3 is 14.8 Å². The average Bonchev–Trinajstić information content (AvgIpc) is 2.69. The summed E-state index contributed by atoms with van der Waals surface area (Å²) >= 11 is 0. The Bertz CT molecular complexity index is 942. The smallest absolute Gasteiger partial charge is 0.248 e. The lowest BCUT2D eigenvalue weighted by atomic mass is 10.1. The van der Waals surface area contributed by atoms with Crippen molar-refractivity contribution < 1.29 is 22.7 Å². The van der Waals surface area contributed by atoms with Crippen LogP contribution in [0.1, 0.15) is 13.3 Å². The van der Waals surface area contributed by atoms with Crippen molar-refractivity contribution in [3.05, 3.63) is 61.2 Å². The molecule has 0 heterocycles. The van der Waals surface area contributed by atoms with Gasteiger partial charge in [-0.05, 0) is 42.8 Å². The van der Waals surface area contributed by atoms with Gasteiger partial charge in [-0.1, -0.05) is 25.6 Å². The molecule has 29 heavy (non-hydrogen) atoms. The number of nitrogens with zero attached hydrogens (tertiary/aromatic N) is 1. The molecule has 156 valence electrons. The normalized spacial score (nSPS) is 12.0. The first-order chi connectivity index (χ1) is 13.8. The van der Waals surface area contributed by atoms with Gasteiger partial charge in [0.25, 0.3) is 0 Å². The first kappa shape index (κ1) is 22.3. The fourth-order valence-corrected chi connectivity index (χ4v) is 4.05. The number of rotatable bonds is 10. The molecule has 0 saturated carbocycles. The summed E-state index contributed by atoms with van der Waals surface area (Å²) in [5.41, 5.74) is 0.900. The molecule has 0 radical (unpaired) electrons. The molecule has 0 aromatic heterocycles. The van der Waals surface area contributed by atoms with E-state index in [1.165, 1.54) is 7.11 Å². The van der Waals surface area contributed by atoms with Gasteiger partial charge in [-0.3, -0.25) is 9.10 Å². The third-order valence-electron chi connectivity index (χ3n) is 4.13. The van der Waals surface area contributed by atoms with Crippen LogP contribution in [0.25, 0.3) is 0 Å². The summed E-state index contributed by atoms with van der Waals surface area (Å²) in [5, 5.41) is 2.78. The van der Waals surface area contributed by atoms with Crippen molar-refractivity contribution in [2.45, 2.75) is 19.4 Å². The van der Waals surface area contributed by atoms with Crippen molar-refractivity contribution >= 4 is 27.3 Å². The molecule has 1 N–H and O–H groups in total. The molecule has 0 aliphatic heterocycles. The predicted octanol–water partition coefficient (Wildman–Crippen LogP) is 3.44. The molecule has 0 unspecified atom stereocenters. The fraction of sp³-hybridized carbons (Fsp3) is 0.286. The molecule has 8 heteroatoms. The summed E-state index contributed by atoms with van der Waals surface area (Å²) in [7, 11) is -2.18. The number of sulfonamides is 1. The van der Waals surface area contributed by atoms with E-state index in [2.05, 4.69) is 11.9 Å². The van der Waals surface area contributed by atoms with Crippen LogP contribution in [0.15, 0.2) is 61.2 Å². The zero-order valence-corrected chi connectivity index (χ0v) is 17.6. The van der Waals surface area contributed by atoms with Crippen LogP contribution in [0.2, 0.25) is 0 Å². The quantitative estimate of drug-likeness (QED) is 0.598. The van der Waals surface area contributed by atoms with E-state index in [9.17, 15) is 13.2 Å². The van der Waals surface area contributed by atoms with Crippen LogP contribution in [0.5, 0.6) is 11.5 Å². The fourth-order valence-electron chi connectivity index (χ4n) is 2.83. The molecule has 0 fully saturated rings. The number of methoxy groups -OCH3 is 1. The summed E-state index contributed by atoms with van der Waals surface area (Å²) < 4.78 is 36.7. The van der Waals surface area contributed by atoms with Crippen LogP contribution in [-0.4, -0.2) is 40.3 Å². The zero-order valence-electron chi connectivity index (χ0n) is 16.8. The minimum absolute atomic E-state index is 0.289. The van der Waals surface area contributed by atoms with Gasteiger partial charge in [0, 0.05) is 11.8 Å². The standard InChI is InChI=1S/C21H26N2O5S/c1-5-14-28-19-9-7-8-16(15-19)22-21(24)20(6-2)23(29(4,25)26)17-10-12-18(27-3)13-11-17/h5,7-13,15,20H,1,6,14H2,2-4H3,(H,22,24)/t20-/m0/s1. The first-order valence-corrected chi connectivity index (χ1v) is 10.9. The van der Waals surface area contributed by atoms with Gasteiger partial charge in [0.2, 0.25) is 15.9 Å². The number of nitrogens with one attached hydrogen (secondary N) is 1. The molecule has 1 amide bonds. The Hall–Kier alpha value is -3.00. The Kier molecular flexibility index (Phi) is 7.67. The number of carbonyl (C=O) groups excluding carboxylic acids is 1. The lowest BCUT2D eigenvalue weighted by Crippen LogP contribution is -2.46. The van der Waals surface area contributed by atoms with Gasteiger partial charge in [0.05, 0.1) is 19.1 Å². The minimum atomic E-state index is -3.71. The molecule has 2 aromatic carbocycles. The molecule has 0 spiro atoms. The molecular weight excluding hydrogens is 392 g/mol. The highest BCUT2D eigenvalue weighted by atomic mass is 32.2. The highest BCUT2D eigenvalue weighted by Gasteiger charge is 2.31. The number of carbonyl (C=O) groups is 1. The van der Waals surface area contributed by atoms with Crippen LogP contribution in [-0.2, 0) is 14.8 Å². The summed E-state index contributed by atoms with van der Waals surface area (Å²) in [4.78, 5) is 13.0. The van der Waals surface area contributed by atoms with E-state index in [0.717, 1.165) is 10.6 Å². The number of hydrogen-bond donors (Lipinski definition) is 1. The van der Waals surface area contributed by atoms with Crippen molar-refractivity contribution in [3.63, 3.8) is 0 Å². The van der Waals surface area contributed by atoms with Gasteiger partial charge in [-0.25, -0.2) is 8.42 Å². The molecule has 0 aliphatic carbocycles. The van der Waals surface area contributed by atoms with E-state index in [4.69, 9.17) is 9.47 Å². The number of anilines is 2. The second kappa shape index (κ2) is 9.97. The lowest BCUT2D eigenvalue weighted by Gasteiger charge is -2.30. The van der Waals surface area contributed by atoms with Crippen LogP contribution in [0.4, 0.5) is 11.4 Å². The average molecular weight is 419 g/mol. The van der Waals surface area contributed by atoms with Crippen molar-refractivity contribution in [2.24, 2.45) is 0 Å². The minimum Gasteiger partial charge on any atom is -0.497 e. The van der Waals surface area contributed by atoms with E-state index in [1.807, 2.05) is 0 Å². The Balaban J connectivity index is 2.29. The largest absolute Gasteiger partial charge is 0.497 e. The second-order valence-corrected chi connectivity index (χ2v) is 8.16. The molecule has 0 saturated heterocycles. The molecule has 7 nitrogen and oxygen atoms in total. The maximum absolute atomic E-state index is 13.0. The number of ether oxygens (including phenoxy) is 2. The summed E-state index contributed by atoms with van der Waals surface area (Å²) in [6.07, 6.45) is 2.99. The van der Waals surface area contributed by atoms with Gasteiger partial charge >= 0.3 is 0 Å². The van der Waals surface area contributed by atoms with Crippen LogP contribution < -0.4 is 19.1 Å². The van der Waals surface area contributed by atoms with Gasteiger partial charge in [-0.2, -0.15) is 0 Å². The van der Waals surface area contributed by atoms with Crippen molar-refractivity contribution in [1.82, 2.24) is 0 Å². The molecule has 1 atom stereocenters. The predicted molar refractivity (Wildman–Crippen MR) is 115 cm³/mol. The SMILES string of the molecule is C=CCOc1cccc(NC(=O)[C@H](CC)N(c2ccc(OC)cc2)S(C)(=O)=O)c1. The third kappa shape index (κ3) is 5.99. The summed E-state index contributed by atoms with van der Waals surface area (Å²) in [6.45, 7) is 5.70. The number of amides is 1.